The van der Waals surface area contributed by atoms with Crippen molar-refractivity contribution in [2.24, 2.45) is 0 Å². The first kappa shape index (κ1) is 49.2. The highest BCUT2D eigenvalue weighted by atomic mass is 16.6. The number of likely N-dealkylation sites (tertiary alicyclic amines) is 2. The van der Waals surface area contributed by atoms with Gasteiger partial charge in [0.15, 0.2) is 0 Å². The standard InChI is InChI=1S/C52H59N7O10/c1-51(2,3)68-49(65)56-42(31-16-10-8-11-17-31)46(62)58-28-14-20-38(58)44(60)53-34-24-22-33(23-25-34)41-40(48(64)67-7)36-30-35(26-27-37(36)55-41)54-45(61)39-21-15-29-59(39)47(63)43(32-18-12-9-13-19-32)57-50(66)69-52(4,5)6/h8-13,16-19,22-27,30,38-39,42-43,55H,14-15,20-21,28-29H2,1-7H3,(H,53,60)(H,54,61)(H,56,65)(H,57,66)/t38?,39-,42-,43+/m0/s1. The van der Waals surface area contributed by atoms with Crippen LogP contribution >= 0.6 is 0 Å². The van der Waals surface area contributed by atoms with Gasteiger partial charge in [-0.15, -0.1) is 0 Å². The van der Waals surface area contributed by atoms with Crippen molar-refractivity contribution in [3.05, 3.63) is 120 Å². The summed E-state index contributed by atoms with van der Waals surface area (Å²) in [6.07, 6.45) is 0.444. The number of fused-ring (bicyclic) bond motifs is 1. The SMILES string of the molecule is COC(=O)c1c(-c2ccc(NC(=O)C3CCCN3C(=O)[C@@H](NC(=O)OC(C)(C)C)c3ccccc3)cc2)[nH]c2ccc(NC(=O)[C@@H]3CCCN3C(=O)[C@H](NC(=O)OC(C)(C)C)c3ccccc3)cc12. The fourth-order valence-electron chi connectivity index (χ4n) is 8.63. The summed E-state index contributed by atoms with van der Waals surface area (Å²) in [5, 5.41) is 11.7. The third-order valence-electron chi connectivity index (χ3n) is 11.7. The van der Waals surface area contributed by atoms with Crippen molar-refractivity contribution in [2.45, 2.75) is 103 Å². The molecule has 1 aromatic heterocycles. The summed E-state index contributed by atoms with van der Waals surface area (Å²) in [5.41, 5.74) is 2.16. The van der Waals surface area contributed by atoms with Crippen LogP contribution in [0.1, 0.15) is 101 Å². The summed E-state index contributed by atoms with van der Waals surface area (Å²) < 4.78 is 16.1. The van der Waals surface area contributed by atoms with Gasteiger partial charge in [0.25, 0.3) is 11.8 Å². The molecule has 69 heavy (non-hydrogen) atoms. The Kier molecular flexibility index (Phi) is 14.7. The number of alkyl carbamates (subject to hydrolysis) is 2. The minimum absolute atomic E-state index is 0.213. The molecule has 0 bridgehead atoms. The average molecular weight is 942 g/mol. The number of hydrogen-bond donors (Lipinski definition) is 5. The van der Waals surface area contributed by atoms with E-state index in [0.29, 0.717) is 83.4 Å². The van der Waals surface area contributed by atoms with E-state index in [4.69, 9.17) is 14.2 Å². The summed E-state index contributed by atoms with van der Waals surface area (Å²) >= 11 is 0. The molecular formula is C52H59N7O10. The van der Waals surface area contributed by atoms with E-state index >= 15 is 0 Å². The molecule has 4 atom stereocenters. The molecule has 362 valence electrons. The number of H-pyrrole nitrogens is 1. The van der Waals surface area contributed by atoms with Crippen LogP contribution in [0.4, 0.5) is 21.0 Å². The van der Waals surface area contributed by atoms with Crippen LogP contribution < -0.4 is 21.3 Å². The third kappa shape index (κ3) is 11.9. The van der Waals surface area contributed by atoms with Crippen molar-refractivity contribution in [3.8, 4) is 11.3 Å². The van der Waals surface area contributed by atoms with Gasteiger partial charge in [0.2, 0.25) is 11.8 Å². The van der Waals surface area contributed by atoms with Gasteiger partial charge in [-0.1, -0.05) is 72.8 Å². The number of methoxy groups -OCH3 is 1. The number of anilines is 2. The highest BCUT2D eigenvalue weighted by Gasteiger charge is 2.40. The summed E-state index contributed by atoms with van der Waals surface area (Å²) in [7, 11) is 1.27. The molecule has 5 aromatic rings. The first-order valence-electron chi connectivity index (χ1n) is 23.0. The number of aromatic nitrogens is 1. The van der Waals surface area contributed by atoms with Crippen LogP contribution in [0.15, 0.2) is 103 Å². The summed E-state index contributed by atoms with van der Waals surface area (Å²) in [6, 6.07) is 25.7. The van der Waals surface area contributed by atoms with Crippen LogP contribution in [0, 0.1) is 0 Å². The van der Waals surface area contributed by atoms with Crippen molar-refractivity contribution < 1.29 is 47.8 Å². The highest BCUT2D eigenvalue weighted by Crippen LogP contribution is 2.34. The second kappa shape index (κ2) is 20.7. The van der Waals surface area contributed by atoms with Gasteiger partial charge in [-0.25, -0.2) is 14.4 Å². The number of ether oxygens (including phenoxy) is 3. The van der Waals surface area contributed by atoms with Crippen LogP contribution in [0.3, 0.4) is 0 Å². The predicted octanol–water partition coefficient (Wildman–Crippen LogP) is 8.01. The van der Waals surface area contributed by atoms with Crippen molar-refractivity contribution in [2.75, 3.05) is 30.8 Å². The van der Waals surface area contributed by atoms with Gasteiger partial charge in [-0.3, -0.25) is 19.2 Å². The van der Waals surface area contributed by atoms with Crippen LogP contribution in [0.5, 0.6) is 0 Å². The van der Waals surface area contributed by atoms with Gasteiger partial charge in [0, 0.05) is 35.4 Å². The molecule has 3 heterocycles. The Bertz CT molecular complexity index is 2710. The third-order valence-corrected chi connectivity index (χ3v) is 11.7. The number of amides is 6. The Morgan fingerprint density at radius 3 is 1.51 bits per heavy atom. The van der Waals surface area contributed by atoms with Gasteiger partial charge in [0.1, 0.15) is 35.4 Å². The number of hydrogen-bond acceptors (Lipinski definition) is 10. The maximum atomic E-state index is 14.1. The zero-order chi connectivity index (χ0) is 49.6. The molecule has 0 radical (unpaired) electrons. The molecule has 6 amide bonds. The molecule has 2 fully saturated rings. The fraction of sp³-hybridized carbons (Fsp3) is 0.365. The summed E-state index contributed by atoms with van der Waals surface area (Å²) in [6.45, 7) is 11.0. The topological polar surface area (TPSA) is 218 Å². The highest BCUT2D eigenvalue weighted by molar-refractivity contribution is 6.11. The van der Waals surface area contributed by atoms with Crippen molar-refractivity contribution in [3.63, 3.8) is 0 Å². The lowest BCUT2D eigenvalue weighted by Crippen LogP contribution is -2.49. The van der Waals surface area contributed by atoms with E-state index in [9.17, 15) is 33.6 Å². The second-order valence-electron chi connectivity index (χ2n) is 19.0. The lowest BCUT2D eigenvalue weighted by Gasteiger charge is -2.29. The molecule has 2 aliphatic heterocycles. The van der Waals surface area contributed by atoms with E-state index in [0.717, 1.165) is 0 Å². The van der Waals surface area contributed by atoms with E-state index in [1.807, 2.05) is 0 Å². The molecule has 0 spiro atoms. The number of carbonyl (C=O) groups is 7. The number of nitrogens with one attached hydrogen (secondary N) is 5. The number of esters is 1. The average Bonchev–Trinajstić information content (AvgIpc) is 4.09. The van der Waals surface area contributed by atoms with E-state index in [2.05, 4.69) is 26.3 Å². The molecule has 7 rings (SSSR count). The van der Waals surface area contributed by atoms with E-state index < -0.39 is 77.2 Å². The molecule has 2 aliphatic rings. The first-order chi connectivity index (χ1) is 32.8. The maximum Gasteiger partial charge on any atom is 0.408 e. The normalized spacial score (nSPS) is 16.8. The molecule has 5 N–H and O–H groups in total. The number of benzene rings is 4. The molecule has 2 saturated heterocycles. The van der Waals surface area contributed by atoms with Crippen LogP contribution in [-0.2, 0) is 33.4 Å². The quantitative estimate of drug-likeness (QED) is 0.0600. The fourth-order valence-corrected chi connectivity index (χ4v) is 8.63. The van der Waals surface area contributed by atoms with E-state index in [1.165, 1.54) is 16.9 Å². The predicted molar refractivity (Wildman–Crippen MR) is 259 cm³/mol. The van der Waals surface area contributed by atoms with Gasteiger partial charge in [0.05, 0.1) is 18.4 Å². The summed E-state index contributed by atoms with van der Waals surface area (Å²) in [4.78, 5) is 101. The molecule has 0 saturated carbocycles. The van der Waals surface area contributed by atoms with Crippen molar-refractivity contribution >= 4 is 64.1 Å². The molecule has 4 aromatic carbocycles. The van der Waals surface area contributed by atoms with E-state index in [1.54, 1.807) is 145 Å². The minimum atomic E-state index is -1.10. The maximum absolute atomic E-state index is 14.1. The largest absolute Gasteiger partial charge is 0.465 e. The molecule has 17 heteroatoms. The van der Waals surface area contributed by atoms with Gasteiger partial charge in [-0.2, -0.15) is 0 Å². The van der Waals surface area contributed by atoms with Crippen molar-refractivity contribution in [1.29, 1.82) is 0 Å². The molecule has 1 unspecified atom stereocenters. The monoisotopic (exact) mass is 941 g/mol. The zero-order valence-electron chi connectivity index (χ0n) is 39.8. The number of rotatable bonds is 12. The first-order valence-corrected chi connectivity index (χ1v) is 23.0. The Morgan fingerprint density at radius 2 is 1.06 bits per heavy atom. The van der Waals surface area contributed by atoms with Crippen LogP contribution in [0.25, 0.3) is 22.2 Å². The van der Waals surface area contributed by atoms with Gasteiger partial charge >= 0.3 is 18.2 Å². The lowest BCUT2D eigenvalue weighted by atomic mass is 10.0. The lowest BCUT2D eigenvalue weighted by molar-refractivity contribution is -0.138. The number of aromatic amines is 1. The van der Waals surface area contributed by atoms with E-state index in [-0.39, 0.29) is 5.56 Å². The Morgan fingerprint density at radius 1 is 0.609 bits per heavy atom. The number of nitrogens with zero attached hydrogens (tertiary/aromatic N) is 2. The zero-order valence-corrected chi connectivity index (χ0v) is 39.8. The molecule has 0 aliphatic carbocycles. The smallest absolute Gasteiger partial charge is 0.408 e. The van der Waals surface area contributed by atoms with Crippen LogP contribution in [0.2, 0.25) is 0 Å². The Balaban J connectivity index is 1.06. The molecule has 17 nitrogen and oxygen atoms in total. The molecular weight excluding hydrogens is 883 g/mol. The second-order valence-corrected chi connectivity index (χ2v) is 19.0. The Labute approximate surface area is 400 Å². The minimum Gasteiger partial charge on any atom is -0.465 e. The summed E-state index contributed by atoms with van der Waals surface area (Å²) in [5.74, 6) is -2.35. The van der Waals surface area contributed by atoms with Crippen molar-refractivity contribution in [1.82, 2.24) is 25.4 Å². The Hall–Kier alpha value is -7.69. The number of carbonyl (C=O) groups excluding carboxylic acids is 7. The van der Waals surface area contributed by atoms with Gasteiger partial charge in [-0.05, 0) is 114 Å². The van der Waals surface area contributed by atoms with Crippen LogP contribution in [-0.4, -0.2) is 100 Å². The van der Waals surface area contributed by atoms with Gasteiger partial charge < -0.3 is 50.3 Å².